The summed E-state index contributed by atoms with van der Waals surface area (Å²) in [7, 11) is 1.55. The summed E-state index contributed by atoms with van der Waals surface area (Å²) >= 11 is 0. The number of aromatic nitrogens is 2. The molecule has 1 saturated heterocycles. The SMILES string of the molecule is C[C@@H]1CCCCN1c1ccc(CNC(=O)c2c(C(=O)O)cnn2C)cc1. The number of aromatic carboxylic acids is 1. The lowest BCUT2D eigenvalue weighted by molar-refractivity contribution is 0.0690. The molecule has 0 unspecified atom stereocenters. The maximum absolute atomic E-state index is 12.3. The van der Waals surface area contributed by atoms with Crippen LogP contribution in [0.4, 0.5) is 5.69 Å². The van der Waals surface area contributed by atoms with Crippen LogP contribution in [0.3, 0.4) is 0 Å². The summed E-state index contributed by atoms with van der Waals surface area (Å²) in [4.78, 5) is 25.9. The molecule has 1 atom stereocenters. The number of aryl methyl sites for hydroxylation is 1. The van der Waals surface area contributed by atoms with Gasteiger partial charge >= 0.3 is 5.97 Å². The van der Waals surface area contributed by atoms with Crippen molar-refractivity contribution in [1.82, 2.24) is 15.1 Å². The third-order valence-corrected chi connectivity index (χ3v) is 4.91. The fraction of sp³-hybridized carbons (Fsp3) is 0.421. The highest BCUT2D eigenvalue weighted by Gasteiger charge is 2.21. The molecule has 0 radical (unpaired) electrons. The second-order valence-electron chi connectivity index (χ2n) is 6.72. The van der Waals surface area contributed by atoms with Crippen molar-refractivity contribution in [2.45, 2.75) is 38.8 Å². The first kappa shape index (κ1) is 18.0. The van der Waals surface area contributed by atoms with Crippen LogP contribution in [-0.4, -0.2) is 39.4 Å². The topological polar surface area (TPSA) is 87.5 Å². The minimum Gasteiger partial charge on any atom is -0.478 e. The van der Waals surface area contributed by atoms with Crippen molar-refractivity contribution in [3.8, 4) is 0 Å². The van der Waals surface area contributed by atoms with E-state index in [1.165, 1.54) is 35.8 Å². The molecule has 1 aliphatic heterocycles. The van der Waals surface area contributed by atoms with Gasteiger partial charge in [-0.1, -0.05) is 12.1 Å². The summed E-state index contributed by atoms with van der Waals surface area (Å²) in [6.45, 7) is 3.66. The fourth-order valence-electron chi connectivity index (χ4n) is 3.42. The summed E-state index contributed by atoms with van der Waals surface area (Å²) in [5.41, 5.74) is 2.12. The van der Waals surface area contributed by atoms with Gasteiger partial charge in [-0.25, -0.2) is 4.79 Å². The average molecular weight is 356 g/mol. The Bertz CT molecular complexity index is 798. The first-order valence-electron chi connectivity index (χ1n) is 8.86. The summed E-state index contributed by atoms with van der Waals surface area (Å²) in [5, 5.41) is 15.8. The van der Waals surface area contributed by atoms with E-state index in [2.05, 4.69) is 34.4 Å². The first-order valence-corrected chi connectivity index (χ1v) is 8.86. The predicted octanol–water partition coefficient (Wildman–Crippen LogP) is 2.43. The second kappa shape index (κ2) is 7.59. The molecule has 7 heteroatoms. The van der Waals surface area contributed by atoms with E-state index in [1.54, 1.807) is 7.05 Å². The zero-order valence-corrected chi connectivity index (χ0v) is 15.1. The predicted molar refractivity (Wildman–Crippen MR) is 98.4 cm³/mol. The van der Waals surface area contributed by atoms with Crippen molar-refractivity contribution in [3.05, 3.63) is 47.3 Å². The normalized spacial score (nSPS) is 17.2. The third kappa shape index (κ3) is 3.71. The standard InChI is InChI=1S/C19H24N4O3/c1-13-5-3-4-10-23(13)15-8-6-14(7-9-15)11-20-18(24)17-16(19(25)26)12-21-22(17)2/h6-9,12-13H,3-5,10-11H2,1-2H3,(H,20,24)(H,25,26)/t13-/m1/s1. The highest BCUT2D eigenvalue weighted by molar-refractivity contribution is 6.03. The van der Waals surface area contributed by atoms with E-state index in [-0.39, 0.29) is 11.3 Å². The summed E-state index contributed by atoms with van der Waals surface area (Å²) in [6, 6.07) is 8.71. The van der Waals surface area contributed by atoms with E-state index < -0.39 is 11.9 Å². The number of anilines is 1. The number of carbonyl (C=O) groups is 2. The van der Waals surface area contributed by atoms with Gasteiger partial charge in [0.05, 0.1) is 6.20 Å². The van der Waals surface area contributed by atoms with Gasteiger partial charge in [-0.2, -0.15) is 5.10 Å². The molecule has 3 rings (SSSR count). The molecule has 1 aromatic carbocycles. The zero-order valence-electron chi connectivity index (χ0n) is 15.1. The monoisotopic (exact) mass is 356 g/mol. The Morgan fingerprint density at radius 2 is 2.00 bits per heavy atom. The van der Waals surface area contributed by atoms with Crippen molar-refractivity contribution >= 4 is 17.6 Å². The van der Waals surface area contributed by atoms with E-state index in [1.807, 2.05) is 12.1 Å². The van der Waals surface area contributed by atoms with E-state index >= 15 is 0 Å². The molecule has 26 heavy (non-hydrogen) atoms. The minimum absolute atomic E-state index is 0.0521. The lowest BCUT2D eigenvalue weighted by Crippen LogP contribution is -2.37. The molecule has 1 fully saturated rings. The Labute approximate surface area is 152 Å². The van der Waals surface area contributed by atoms with Gasteiger partial charge in [0.2, 0.25) is 0 Å². The van der Waals surface area contributed by atoms with Crippen LogP contribution < -0.4 is 10.2 Å². The molecule has 1 amide bonds. The number of carboxylic acids is 1. The number of carboxylic acid groups (broad SMARTS) is 1. The van der Waals surface area contributed by atoms with Crippen LogP contribution in [0, 0.1) is 0 Å². The number of nitrogens with one attached hydrogen (secondary N) is 1. The summed E-state index contributed by atoms with van der Waals surface area (Å²) in [6.07, 6.45) is 4.91. The minimum atomic E-state index is -1.16. The van der Waals surface area contributed by atoms with Crippen LogP contribution in [0.2, 0.25) is 0 Å². The van der Waals surface area contributed by atoms with Crippen LogP contribution in [0.15, 0.2) is 30.5 Å². The van der Waals surface area contributed by atoms with Gasteiger partial charge in [0.1, 0.15) is 11.3 Å². The van der Waals surface area contributed by atoms with Gasteiger partial charge in [-0.3, -0.25) is 9.48 Å². The van der Waals surface area contributed by atoms with E-state index in [0.717, 1.165) is 12.1 Å². The number of benzene rings is 1. The number of carbonyl (C=O) groups excluding carboxylic acids is 1. The quantitative estimate of drug-likeness (QED) is 0.859. The maximum Gasteiger partial charge on any atom is 0.339 e. The largest absolute Gasteiger partial charge is 0.478 e. The van der Waals surface area contributed by atoms with E-state index in [4.69, 9.17) is 5.11 Å². The van der Waals surface area contributed by atoms with Gasteiger partial charge in [-0.15, -0.1) is 0 Å². The van der Waals surface area contributed by atoms with Crippen LogP contribution >= 0.6 is 0 Å². The molecular weight excluding hydrogens is 332 g/mol. The van der Waals surface area contributed by atoms with Crippen molar-refractivity contribution in [2.24, 2.45) is 7.05 Å². The summed E-state index contributed by atoms with van der Waals surface area (Å²) in [5.74, 6) is -1.61. The van der Waals surface area contributed by atoms with Crippen molar-refractivity contribution in [3.63, 3.8) is 0 Å². The lowest BCUT2D eigenvalue weighted by Gasteiger charge is -2.35. The lowest BCUT2D eigenvalue weighted by atomic mass is 10.0. The smallest absolute Gasteiger partial charge is 0.339 e. The zero-order chi connectivity index (χ0) is 18.7. The van der Waals surface area contributed by atoms with Gasteiger partial charge in [-0.05, 0) is 43.9 Å². The second-order valence-corrected chi connectivity index (χ2v) is 6.72. The fourth-order valence-corrected chi connectivity index (χ4v) is 3.42. The number of piperidine rings is 1. The van der Waals surface area contributed by atoms with Crippen LogP contribution in [0.1, 0.15) is 52.6 Å². The van der Waals surface area contributed by atoms with Gasteiger partial charge in [0, 0.05) is 31.9 Å². The van der Waals surface area contributed by atoms with Crippen molar-refractivity contribution in [2.75, 3.05) is 11.4 Å². The highest BCUT2D eigenvalue weighted by atomic mass is 16.4. The molecule has 0 spiro atoms. The van der Waals surface area contributed by atoms with Gasteiger partial charge in [0.25, 0.3) is 5.91 Å². The molecule has 2 aromatic rings. The number of hydrogen-bond acceptors (Lipinski definition) is 4. The molecule has 138 valence electrons. The Hall–Kier alpha value is -2.83. The Kier molecular flexibility index (Phi) is 5.25. The molecule has 0 aliphatic carbocycles. The molecule has 2 N–H and O–H groups in total. The molecule has 0 saturated carbocycles. The van der Waals surface area contributed by atoms with E-state index in [9.17, 15) is 9.59 Å². The molecule has 7 nitrogen and oxygen atoms in total. The number of hydrogen-bond donors (Lipinski definition) is 2. The van der Waals surface area contributed by atoms with Gasteiger partial charge in [0.15, 0.2) is 0 Å². The van der Waals surface area contributed by atoms with Gasteiger partial charge < -0.3 is 15.3 Å². The van der Waals surface area contributed by atoms with Crippen LogP contribution in [0.25, 0.3) is 0 Å². The number of amides is 1. The molecule has 1 aliphatic rings. The molecule has 0 bridgehead atoms. The Morgan fingerprint density at radius 1 is 1.27 bits per heavy atom. The molecule has 1 aromatic heterocycles. The van der Waals surface area contributed by atoms with E-state index in [0.29, 0.717) is 12.6 Å². The highest BCUT2D eigenvalue weighted by Crippen LogP contribution is 2.24. The van der Waals surface area contributed by atoms with Crippen molar-refractivity contribution < 1.29 is 14.7 Å². The third-order valence-electron chi connectivity index (χ3n) is 4.91. The maximum atomic E-state index is 12.3. The Balaban J connectivity index is 1.64. The molecular formula is C19H24N4O3. The molecule has 2 heterocycles. The average Bonchev–Trinajstić information content (AvgIpc) is 3.02. The van der Waals surface area contributed by atoms with Crippen LogP contribution in [0.5, 0.6) is 0 Å². The number of rotatable bonds is 5. The first-order chi connectivity index (χ1) is 12.5. The van der Waals surface area contributed by atoms with Crippen molar-refractivity contribution in [1.29, 1.82) is 0 Å². The number of nitrogens with zero attached hydrogens (tertiary/aromatic N) is 3. The Morgan fingerprint density at radius 3 is 2.65 bits per heavy atom. The van der Waals surface area contributed by atoms with Crippen LogP contribution in [-0.2, 0) is 13.6 Å². The summed E-state index contributed by atoms with van der Waals surface area (Å²) < 4.78 is 1.28.